The Kier molecular flexibility index (Phi) is 8.95. The fourth-order valence-electron chi connectivity index (χ4n) is 3.53. The van der Waals surface area contributed by atoms with Gasteiger partial charge in [0.2, 0.25) is 0 Å². The molecule has 0 saturated heterocycles. The molecular weight excluding hydrogens is 502 g/mol. The number of aryl methyl sites for hydroxylation is 1. The molecule has 0 saturated carbocycles. The van der Waals surface area contributed by atoms with Gasteiger partial charge in [0.1, 0.15) is 11.5 Å². The maximum absolute atomic E-state index is 13.5. The Balaban J connectivity index is 1.55. The lowest BCUT2D eigenvalue weighted by molar-refractivity contribution is 0.0990. The number of aromatic nitrogens is 2. The van der Waals surface area contributed by atoms with E-state index in [0.717, 1.165) is 22.7 Å². The lowest BCUT2D eigenvalue weighted by Crippen LogP contribution is -2.26. The molecule has 0 fully saturated rings. The first-order chi connectivity index (χ1) is 17.1. The number of hydrogen-bond acceptors (Lipinski definition) is 7. The summed E-state index contributed by atoms with van der Waals surface area (Å²) in [6, 6.07) is 13.0. The van der Waals surface area contributed by atoms with Gasteiger partial charge in [-0.05, 0) is 42.8 Å². The smallest absolute Gasteiger partial charge is 0.286 e. The molecule has 0 atom stereocenters. The highest BCUT2D eigenvalue weighted by Crippen LogP contribution is 2.37. The van der Waals surface area contributed by atoms with E-state index in [1.807, 2.05) is 48.7 Å². The first-order valence-corrected chi connectivity index (χ1v) is 13.9. The third-order valence-electron chi connectivity index (χ3n) is 5.45. The second-order valence-corrected chi connectivity index (χ2v) is 10.6. The number of ether oxygens (including phenoxy) is 1. The summed E-state index contributed by atoms with van der Waals surface area (Å²) in [7, 11) is 0. The number of thiophene rings is 1. The molecular formula is C26H28ClN3O3S2. The molecule has 0 aliphatic heterocycles. The van der Waals surface area contributed by atoms with Crippen LogP contribution in [0, 0.1) is 0 Å². The van der Waals surface area contributed by atoms with Crippen LogP contribution in [0.4, 0.5) is 10.8 Å². The monoisotopic (exact) mass is 529 g/mol. The number of nitrogens with zero attached hydrogens (tertiary/aromatic N) is 3. The van der Waals surface area contributed by atoms with Crippen molar-refractivity contribution in [2.75, 3.05) is 11.5 Å². The van der Waals surface area contributed by atoms with Gasteiger partial charge in [0.15, 0.2) is 10.8 Å². The Bertz CT molecular complexity index is 1230. The van der Waals surface area contributed by atoms with Crippen molar-refractivity contribution in [2.45, 2.75) is 52.4 Å². The van der Waals surface area contributed by atoms with E-state index in [4.69, 9.17) is 25.8 Å². The highest BCUT2D eigenvalue weighted by atomic mass is 35.5. The summed E-state index contributed by atoms with van der Waals surface area (Å²) in [5.74, 6) is 1.13. The van der Waals surface area contributed by atoms with Crippen LogP contribution < -0.4 is 9.64 Å². The van der Waals surface area contributed by atoms with Gasteiger partial charge in [-0.25, -0.2) is 4.98 Å². The summed E-state index contributed by atoms with van der Waals surface area (Å²) in [4.78, 5) is 20.8. The molecule has 3 heterocycles. The molecule has 0 aliphatic carbocycles. The molecule has 184 valence electrons. The molecule has 0 N–H and O–H groups in total. The minimum absolute atomic E-state index is 0.241. The molecule has 0 spiro atoms. The van der Waals surface area contributed by atoms with E-state index < -0.39 is 0 Å². The number of hydrogen-bond donors (Lipinski definition) is 0. The van der Waals surface area contributed by atoms with Gasteiger partial charge in [-0.3, -0.25) is 9.69 Å². The molecule has 1 aromatic carbocycles. The van der Waals surface area contributed by atoms with Crippen molar-refractivity contribution in [1.29, 1.82) is 0 Å². The first-order valence-electron chi connectivity index (χ1n) is 11.8. The van der Waals surface area contributed by atoms with E-state index in [1.165, 1.54) is 48.4 Å². The minimum Gasteiger partial charge on any atom is -0.494 e. The van der Waals surface area contributed by atoms with E-state index in [-0.39, 0.29) is 11.6 Å². The van der Waals surface area contributed by atoms with Crippen LogP contribution in [0.3, 0.4) is 0 Å². The molecule has 0 bridgehead atoms. The molecule has 1 amide bonds. The van der Waals surface area contributed by atoms with E-state index in [1.54, 1.807) is 11.0 Å². The van der Waals surface area contributed by atoms with E-state index in [2.05, 4.69) is 12.1 Å². The van der Waals surface area contributed by atoms with Gasteiger partial charge in [-0.15, -0.1) is 22.7 Å². The number of halogens is 1. The minimum atomic E-state index is -0.303. The van der Waals surface area contributed by atoms with Gasteiger partial charge in [-0.2, -0.15) is 0 Å². The van der Waals surface area contributed by atoms with Crippen LogP contribution in [0.2, 0.25) is 4.34 Å². The molecule has 35 heavy (non-hydrogen) atoms. The zero-order valence-corrected chi connectivity index (χ0v) is 22.2. The number of rotatable bonds is 12. The van der Waals surface area contributed by atoms with Gasteiger partial charge in [0.05, 0.1) is 27.2 Å². The number of benzene rings is 1. The van der Waals surface area contributed by atoms with Gasteiger partial charge in [-0.1, -0.05) is 56.3 Å². The van der Waals surface area contributed by atoms with Crippen LogP contribution in [0.25, 0.3) is 10.6 Å². The lowest BCUT2D eigenvalue weighted by Gasteiger charge is -2.19. The van der Waals surface area contributed by atoms with Crippen LogP contribution in [0.1, 0.15) is 62.2 Å². The third-order valence-corrected chi connectivity index (χ3v) is 7.53. The van der Waals surface area contributed by atoms with Gasteiger partial charge >= 0.3 is 0 Å². The molecule has 9 heteroatoms. The zero-order chi connectivity index (χ0) is 24.6. The topological polar surface area (TPSA) is 68.5 Å². The van der Waals surface area contributed by atoms with Crippen molar-refractivity contribution in [3.8, 4) is 16.3 Å². The Hall–Kier alpha value is -2.68. The summed E-state index contributed by atoms with van der Waals surface area (Å²) in [6.45, 7) is 4.85. The number of unbranched alkanes of at least 4 members (excludes halogenated alkanes) is 4. The van der Waals surface area contributed by atoms with Crippen LogP contribution in [0.5, 0.6) is 5.75 Å². The lowest BCUT2D eigenvalue weighted by atomic mass is 10.2. The second kappa shape index (κ2) is 12.3. The van der Waals surface area contributed by atoms with E-state index >= 15 is 0 Å². The molecule has 0 unspecified atom stereocenters. The molecule has 4 rings (SSSR count). The number of carbonyl (C=O) groups is 1. The van der Waals surface area contributed by atoms with Crippen LogP contribution in [-0.4, -0.2) is 22.7 Å². The maximum Gasteiger partial charge on any atom is 0.286 e. The van der Waals surface area contributed by atoms with Crippen LogP contribution in [-0.2, 0) is 6.42 Å². The van der Waals surface area contributed by atoms with Crippen molar-refractivity contribution in [2.24, 2.45) is 0 Å². The maximum atomic E-state index is 13.5. The standard InChI is InChI=1S/C26H28ClN3O3S2/c1-3-5-6-7-8-15-32-20-11-9-18(10-12-20)30(25(31)21-16-19(4-2)33-29-21)26-28-22(17-34-26)23-13-14-24(27)35-23/h9-14,16-17H,3-8,15H2,1-2H3. The average Bonchev–Trinajstić information content (AvgIpc) is 3.63. The third kappa shape index (κ3) is 6.51. The van der Waals surface area contributed by atoms with Gasteiger partial charge < -0.3 is 9.26 Å². The summed E-state index contributed by atoms with van der Waals surface area (Å²) in [6.07, 6.45) is 6.60. The number of anilines is 2. The Labute approximate surface area is 218 Å². The number of amides is 1. The SMILES string of the molecule is CCCCCCCOc1ccc(N(C(=O)c2cc(CC)on2)c2nc(-c3ccc(Cl)s3)cs2)cc1. The van der Waals surface area contributed by atoms with Gasteiger partial charge in [0.25, 0.3) is 5.91 Å². The molecule has 0 radical (unpaired) electrons. The fraction of sp³-hybridized carbons (Fsp3) is 0.346. The largest absolute Gasteiger partial charge is 0.494 e. The summed E-state index contributed by atoms with van der Waals surface area (Å²) in [5, 5.41) is 6.45. The highest BCUT2D eigenvalue weighted by molar-refractivity contribution is 7.20. The molecule has 6 nitrogen and oxygen atoms in total. The zero-order valence-electron chi connectivity index (χ0n) is 19.8. The molecule has 0 aliphatic rings. The van der Waals surface area contributed by atoms with Crippen molar-refractivity contribution in [3.05, 3.63) is 63.6 Å². The summed E-state index contributed by atoms with van der Waals surface area (Å²) in [5.41, 5.74) is 1.69. The van der Waals surface area contributed by atoms with Crippen LogP contribution >= 0.6 is 34.3 Å². The predicted molar refractivity (Wildman–Crippen MR) is 143 cm³/mol. The normalized spacial score (nSPS) is 11.1. The van der Waals surface area contributed by atoms with E-state index in [0.29, 0.717) is 33.9 Å². The van der Waals surface area contributed by atoms with Crippen molar-refractivity contribution in [3.63, 3.8) is 0 Å². The first kappa shape index (κ1) is 25.4. The Morgan fingerprint density at radius 3 is 2.57 bits per heavy atom. The molecule has 3 aromatic heterocycles. The summed E-state index contributed by atoms with van der Waals surface area (Å²) < 4.78 is 11.9. The van der Waals surface area contributed by atoms with Crippen molar-refractivity contribution < 1.29 is 14.1 Å². The quantitative estimate of drug-likeness (QED) is 0.172. The fourth-order valence-corrected chi connectivity index (χ4v) is 5.45. The molecule has 4 aromatic rings. The van der Waals surface area contributed by atoms with E-state index in [9.17, 15) is 4.79 Å². The highest BCUT2D eigenvalue weighted by Gasteiger charge is 2.26. The number of carbonyl (C=O) groups excluding carboxylic acids is 1. The van der Waals surface area contributed by atoms with Crippen molar-refractivity contribution in [1.82, 2.24) is 10.1 Å². The van der Waals surface area contributed by atoms with Crippen molar-refractivity contribution >= 4 is 51.0 Å². The Morgan fingerprint density at radius 2 is 1.89 bits per heavy atom. The van der Waals surface area contributed by atoms with Gasteiger partial charge in [0, 0.05) is 17.9 Å². The second-order valence-electron chi connectivity index (χ2n) is 8.05. The Morgan fingerprint density at radius 1 is 1.09 bits per heavy atom. The van der Waals surface area contributed by atoms with Crippen LogP contribution in [0.15, 0.2) is 52.4 Å². The average molecular weight is 530 g/mol. The predicted octanol–water partition coefficient (Wildman–Crippen LogP) is 8.40. The number of thiazole rings is 1. The summed E-state index contributed by atoms with van der Waals surface area (Å²) >= 11 is 8.94.